The number of H-pyrrole nitrogens is 1. The zero-order valence-electron chi connectivity index (χ0n) is 19.4. The fourth-order valence-electron chi connectivity index (χ4n) is 4.30. The highest BCUT2D eigenvalue weighted by molar-refractivity contribution is 5.88. The van der Waals surface area contributed by atoms with Gasteiger partial charge in [-0.1, -0.05) is 36.4 Å². The second-order valence-electron chi connectivity index (χ2n) is 8.67. The Hall–Kier alpha value is -4.09. The highest BCUT2D eigenvalue weighted by atomic mass is 16.4. The molecule has 2 aromatic heterocycles. The average molecular weight is 497 g/mol. The number of nitrogens with one attached hydrogen (secondary N) is 1. The molecule has 0 bridgehead atoms. The number of aliphatic carboxylic acids is 3. The average Bonchev–Trinajstić information content (AvgIpc) is 3.50. The van der Waals surface area contributed by atoms with Crippen LogP contribution in [0.5, 0.6) is 0 Å². The summed E-state index contributed by atoms with van der Waals surface area (Å²) in [5.41, 5.74) is 1.16. The first-order chi connectivity index (χ1) is 17.2. The van der Waals surface area contributed by atoms with Gasteiger partial charge in [-0.15, -0.1) is 0 Å². The van der Waals surface area contributed by atoms with Crippen molar-refractivity contribution in [3.05, 3.63) is 83.9 Å². The summed E-state index contributed by atoms with van der Waals surface area (Å²) in [6.07, 6.45) is 3.35. The second-order valence-corrected chi connectivity index (χ2v) is 8.67. The van der Waals surface area contributed by atoms with Crippen LogP contribution in [0.1, 0.15) is 41.5 Å². The Morgan fingerprint density at radius 3 is 2.11 bits per heavy atom. The molecule has 4 rings (SSSR count). The maximum Gasteiger partial charge on any atom is 0.336 e. The predicted octanol–water partition coefficient (Wildman–Crippen LogP) is 1.94. The minimum absolute atomic E-state index is 0.455. The van der Waals surface area contributed by atoms with Crippen LogP contribution >= 0.6 is 0 Å². The number of aromatic nitrogens is 3. The summed E-state index contributed by atoms with van der Waals surface area (Å²) in [6, 6.07) is 17.1. The van der Waals surface area contributed by atoms with E-state index in [9.17, 15) is 14.4 Å². The quantitative estimate of drug-likeness (QED) is 0.294. The molecule has 0 unspecified atom stereocenters. The second kappa shape index (κ2) is 12.0. The molecule has 1 aromatic carbocycles. The summed E-state index contributed by atoms with van der Waals surface area (Å²) in [5.74, 6) is -4.07. The number of benzene rings is 1. The van der Waals surface area contributed by atoms with E-state index >= 15 is 0 Å². The lowest BCUT2D eigenvalue weighted by molar-refractivity contribution is -0.170. The molecule has 11 heteroatoms. The molecule has 1 aliphatic rings. The number of aromatic amines is 1. The number of hydrogen-bond donors (Lipinski definition) is 5. The van der Waals surface area contributed by atoms with E-state index in [1.807, 2.05) is 24.7 Å². The van der Waals surface area contributed by atoms with Crippen molar-refractivity contribution in [2.45, 2.75) is 36.8 Å². The van der Waals surface area contributed by atoms with Gasteiger partial charge in [0.05, 0.1) is 12.8 Å². The van der Waals surface area contributed by atoms with Crippen LogP contribution in [0.15, 0.2) is 67.1 Å². The number of likely N-dealkylation sites (tertiary alicyclic amines) is 1. The van der Waals surface area contributed by atoms with Gasteiger partial charge < -0.3 is 20.4 Å². The Morgan fingerprint density at radius 2 is 1.58 bits per heavy atom. The normalized spacial score (nSPS) is 17.7. The fourth-order valence-corrected chi connectivity index (χ4v) is 4.30. The Kier molecular flexibility index (Phi) is 8.87. The molecule has 0 saturated carbocycles. The maximum absolute atomic E-state index is 10.3. The van der Waals surface area contributed by atoms with Crippen molar-refractivity contribution in [3.8, 4) is 0 Å². The van der Waals surface area contributed by atoms with E-state index in [4.69, 9.17) is 20.4 Å². The zero-order chi connectivity index (χ0) is 26.1. The van der Waals surface area contributed by atoms with Gasteiger partial charge >= 0.3 is 17.9 Å². The molecule has 0 amide bonds. The van der Waals surface area contributed by atoms with Crippen molar-refractivity contribution in [1.29, 1.82) is 0 Å². The van der Waals surface area contributed by atoms with E-state index in [1.54, 1.807) is 0 Å². The first kappa shape index (κ1) is 26.5. The Morgan fingerprint density at radius 1 is 0.917 bits per heavy atom. The summed E-state index contributed by atoms with van der Waals surface area (Å²) in [6.45, 7) is 3.04. The lowest BCUT2D eigenvalue weighted by Gasteiger charge is -2.18. The Labute approximate surface area is 207 Å². The molecule has 5 N–H and O–H groups in total. The van der Waals surface area contributed by atoms with Crippen LogP contribution in [-0.2, 0) is 20.9 Å². The standard InChI is InChI=1S/C19H20N4.C6H8O7/c1-2-6-16(7-3-1)17-13-23(12-15-5-4-9-20-11-15)14-18(17)19-8-10-21-22-19;7-3(8)1-6(13,5(11)12)2-4(9)10/h1-11,17-18H,12-14H2,(H,21,22);13H,1-2H2,(H,7,8)(H,9,10)(H,11,12)/t17-,18+;/m0./s1. The van der Waals surface area contributed by atoms with E-state index in [0.29, 0.717) is 11.8 Å². The van der Waals surface area contributed by atoms with Crippen LogP contribution in [0, 0.1) is 0 Å². The number of carboxylic acid groups (broad SMARTS) is 3. The lowest BCUT2D eigenvalue weighted by Crippen LogP contribution is -2.42. The Balaban J connectivity index is 0.000000240. The number of aliphatic hydroxyl groups is 1. The van der Waals surface area contributed by atoms with E-state index in [2.05, 4.69) is 62.5 Å². The van der Waals surface area contributed by atoms with Crippen molar-refractivity contribution in [2.75, 3.05) is 13.1 Å². The number of nitrogens with zero attached hydrogens (tertiary/aromatic N) is 3. The van der Waals surface area contributed by atoms with E-state index in [-0.39, 0.29) is 0 Å². The van der Waals surface area contributed by atoms with Crippen LogP contribution in [0.2, 0.25) is 0 Å². The van der Waals surface area contributed by atoms with Crippen molar-refractivity contribution < 1.29 is 34.8 Å². The molecule has 3 heterocycles. The molecule has 11 nitrogen and oxygen atoms in total. The Bertz CT molecular complexity index is 1120. The van der Waals surface area contributed by atoms with Gasteiger partial charge in [-0.25, -0.2) is 4.79 Å². The summed E-state index contributed by atoms with van der Waals surface area (Å²) < 4.78 is 0. The van der Waals surface area contributed by atoms with Crippen molar-refractivity contribution in [1.82, 2.24) is 20.1 Å². The van der Waals surface area contributed by atoms with Gasteiger partial charge in [0.25, 0.3) is 0 Å². The zero-order valence-corrected chi connectivity index (χ0v) is 19.4. The van der Waals surface area contributed by atoms with Gasteiger partial charge in [0.2, 0.25) is 0 Å². The number of pyridine rings is 1. The van der Waals surface area contributed by atoms with Crippen LogP contribution in [-0.4, -0.2) is 77.1 Å². The summed E-state index contributed by atoms with van der Waals surface area (Å²) in [5, 5.41) is 41.1. The van der Waals surface area contributed by atoms with Crippen molar-refractivity contribution in [3.63, 3.8) is 0 Å². The van der Waals surface area contributed by atoms with Crippen LogP contribution < -0.4 is 0 Å². The van der Waals surface area contributed by atoms with Gasteiger partial charge in [-0.05, 0) is 23.3 Å². The van der Waals surface area contributed by atoms with Crippen molar-refractivity contribution >= 4 is 17.9 Å². The highest BCUT2D eigenvalue weighted by Crippen LogP contribution is 2.39. The van der Waals surface area contributed by atoms with E-state index in [0.717, 1.165) is 19.6 Å². The third-order valence-electron chi connectivity index (χ3n) is 5.96. The van der Waals surface area contributed by atoms with Gasteiger partial charge in [0.1, 0.15) is 0 Å². The van der Waals surface area contributed by atoms with E-state index in [1.165, 1.54) is 16.8 Å². The molecular formula is C25H28N4O7. The summed E-state index contributed by atoms with van der Waals surface area (Å²) >= 11 is 0. The fraction of sp³-hybridized carbons (Fsp3) is 0.320. The van der Waals surface area contributed by atoms with Crippen molar-refractivity contribution in [2.24, 2.45) is 0 Å². The highest BCUT2D eigenvalue weighted by Gasteiger charge is 2.40. The maximum atomic E-state index is 10.3. The van der Waals surface area contributed by atoms with Crippen LogP contribution in [0.25, 0.3) is 0 Å². The first-order valence-electron chi connectivity index (χ1n) is 11.2. The smallest absolute Gasteiger partial charge is 0.336 e. The van der Waals surface area contributed by atoms with Gasteiger partial charge in [-0.3, -0.25) is 24.6 Å². The minimum Gasteiger partial charge on any atom is -0.481 e. The lowest BCUT2D eigenvalue weighted by atomic mass is 9.87. The van der Waals surface area contributed by atoms with Gasteiger partial charge in [0.15, 0.2) is 5.60 Å². The molecule has 0 spiro atoms. The largest absolute Gasteiger partial charge is 0.481 e. The molecule has 0 radical (unpaired) electrons. The SMILES string of the molecule is O=C(O)CC(O)(CC(=O)O)C(=O)O.c1ccc([C@@H]2CN(Cc3cccnc3)C[C@H]2c2ccn[nH]2)cc1. The van der Waals surface area contributed by atoms with E-state index < -0.39 is 36.4 Å². The molecule has 1 aliphatic heterocycles. The molecule has 0 aliphatic carbocycles. The number of rotatable bonds is 9. The molecule has 3 aromatic rings. The summed E-state index contributed by atoms with van der Waals surface area (Å²) in [7, 11) is 0. The monoisotopic (exact) mass is 496 g/mol. The molecular weight excluding hydrogens is 468 g/mol. The van der Waals surface area contributed by atoms with Crippen LogP contribution in [0.3, 0.4) is 0 Å². The number of hydrogen-bond acceptors (Lipinski definition) is 7. The predicted molar refractivity (Wildman–Crippen MR) is 127 cm³/mol. The molecule has 1 fully saturated rings. The van der Waals surface area contributed by atoms with Gasteiger partial charge in [-0.2, -0.15) is 5.10 Å². The third kappa shape index (κ3) is 7.20. The number of carbonyl (C=O) groups is 3. The minimum atomic E-state index is -2.74. The third-order valence-corrected chi connectivity index (χ3v) is 5.96. The van der Waals surface area contributed by atoms with Crippen LogP contribution in [0.4, 0.5) is 0 Å². The molecule has 190 valence electrons. The molecule has 1 saturated heterocycles. The summed E-state index contributed by atoms with van der Waals surface area (Å²) in [4.78, 5) is 37.2. The first-order valence-corrected chi connectivity index (χ1v) is 11.2. The molecule has 2 atom stereocenters. The topological polar surface area (TPSA) is 177 Å². The number of carboxylic acids is 3. The molecule has 36 heavy (non-hydrogen) atoms. The van der Waals surface area contributed by atoms with Gasteiger partial charge in [0, 0.05) is 55.8 Å².